The Morgan fingerprint density at radius 3 is 2.79 bits per heavy atom. The molecule has 28 heavy (non-hydrogen) atoms. The molecule has 0 radical (unpaired) electrons. The molecule has 0 aliphatic heterocycles. The fourth-order valence-corrected chi connectivity index (χ4v) is 2.77. The second-order valence-corrected chi connectivity index (χ2v) is 6.84. The monoisotopic (exact) mass is 441 g/mol. The van der Waals surface area contributed by atoms with Crippen molar-refractivity contribution < 1.29 is 13.9 Å². The van der Waals surface area contributed by atoms with Crippen molar-refractivity contribution in [3.8, 4) is 5.75 Å². The fraction of sp³-hybridized carbons (Fsp3) is 0.105. The molecule has 0 saturated carbocycles. The Bertz CT molecular complexity index is 1050. The zero-order chi connectivity index (χ0) is 19.3. The van der Waals surface area contributed by atoms with Crippen molar-refractivity contribution in [2.45, 2.75) is 13.3 Å². The van der Waals surface area contributed by atoms with Gasteiger partial charge < -0.3 is 14.5 Å². The number of halogens is 1. The molecule has 0 unspecified atom stereocenters. The third kappa shape index (κ3) is 4.49. The van der Waals surface area contributed by atoms with Crippen molar-refractivity contribution in [1.82, 2.24) is 19.6 Å². The Morgan fingerprint density at radius 2 is 2.00 bits per heavy atom. The minimum Gasteiger partial charge on any atom is -0.471 e. The average Bonchev–Trinajstić information content (AvgIpc) is 3.44. The molecule has 1 aromatic carbocycles. The second-order valence-electron chi connectivity index (χ2n) is 5.92. The van der Waals surface area contributed by atoms with Crippen LogP contribution >= 0.6 is 15.9 Å². The van der Waals surface area contributed by atoms with Crippen molar-refractivity contribution in [3.05, 3.63) is 83.2 Å². The van der Waals surface area contributed by atoms with Gasteiger partial charge in [0.05, 0.1) is 24.6 Å². The number of furan rings is 1. The average molecular weight is 442 g/mol. The molecule has 0 aliphatic rings. The van der Waals surface area contributed by atoms with Gasteiger partial charge in [0.15, 0.2) is 12.5 Å². The zero-order valence-electron chi connectivity index (χ0n) is 14.7. The van der Waals surface area contributed by atoms with E-state index in [9.17, 15) is 4.79 Å². The summed E-state index contributed by atoms with van der Waals surface area (Å²) in [5, 5.41) is 11.0. The van der Waals surface area contributed by atoms with Crippen LogP contribution in [0.1, 0.15) is 16.3 Å². The highest BCUT2D eigenvalue weighted by Crippen LogP contribution is 2.17. The molecular weight excluding hydrogens is 426 g/mol. The lowest BCUT2D eigenvalue weighted by Gasteiger charge is -2.05. The van der Waals surface area contributed by atoms with Crippen LogP contribution in [-0.2, 0) is 13.3 Å². The number of nitrogens with one attached hydrogen (secondary N) is 1. The maximum atomic E-state index is 12.4. The number of benzene rings is 1. The summed E-state index contributed by atoms with van der Waals surface area (Å²) < 4.78 is 15.5. The van der Waals surface area contributed by atoms with Gasteiger partial charge in [-0.05, 0) is 42.5 Å². The van der Waals surface area contributed by atoms with Crippen molar-refractivity contribution in [2.24, 2.45) is 0 Å². The van der Waals surface area contributed by atoms with E-state index in [0.717, 1.165) is 10.2 Å². The molecule has 4 rings (SSSR count). The van der Waals surface area contributed by atoms with E-state index in [1.807, 2.05) is 36.5 Å². The second kappa shape index (κ2) is 8.13. The van der Waals surface area contributed by atoms with Gasteiger partial charge in [-0.1, -0.05) is 15.9 Å². The molecule has 3 heterocycles. The van der Waals surface area contributed by atoms with E-state index in [0.29, 0.717) is 18.0 Å². The predicted octanol–water partition coefficient (Wildman–Crippen LogP) is 3.77. The normalized spacial score (nSPS) is 10.8. The number of ether oxygens (including phenoxy) is 1. The van der Waals surface area contributed by atoms with Crippen LogP contribution in [0.4, 0.5) is 5.69 Å². The molecule has 1 N–H and O–H groups in total. The van der Waals surface area contributed by atoms with Crippen LogP contribution in [0.5, 0.6) is 5.75 Å². The van der Waals surface area contributed by atoms with Gasteiger partial charge >= 0.3 is 0 Å². The number of anilines is 1. The van der Waals surface area contributed by atoms with Gasteiger partial charge in [-0.25, -0.2) is 4.68 Å². The van der Waals surface area contributed by atoms with Gasteiger partial charge in [-0.15, -0.1) is 0 Å². The molecule has 9 heteroatoms. The number of hydrogen-bond acceptors (Lipinski definition) is 5. The largest absolute Gasteiger partial charge is 0.471 e. The SMILES string of the molecule is O=C(Nc1cnn(COc2ccc(Br)cc2)c1)c1ccc(Cn2cccn2)o1. The maximum absolute atomic E-state index is 12.4. The van der Waals surface area contributed by atoms with E-state index in [1.165, 1.54) is 0 Å². The van der Waals surface area contributed by atoms with Crippen LogP contribution in [0.2, 0.25) is 0 Å². The van der Waals surface area contributed by atoms with Crippen LogP contribution in [0.15, 0.2) is 76.1 Å². The fourth-order valence-electron chi connectivity index (χ4n) is 2.50. The van der Waals surface area contributed by atoms with Gasteiger partial charge in [0.2, 0.25) is 0 Å². The Hall–Kier alpha value is -3.33. The molecule has 0 spiro atoms. The van der Waals surface area contributed by atoms with E-state index >= 15 is 0 Å². The van der Waals surface area contributed by atoms with Crippen LogP contribution in [-0.4, -0.2) is 25.5 Å². The number of carbonyl (C=O) groups excluding carboxylic acids is 1. The molecule has 0 aliphatic carbocycles. The summed E-state index contributed by atoms with van der Waals surface area (Å²) in [7, 11) is 0. The summed E-state index contributed by atoms with van der Waals surface area (Å²) in [5.41, 5.74) is 0.550. The molecule has 0 bridgehead atoms. The number of rotatable bonds is 7. The number of carbonyl (C=O) groups is 1. The molecule has 1 amide bonds. The molecule has 4 aromatic rings. The molecule has 142 valence electrons. The maximum Gasteiger partial charge on any atom is 0.291 e. The quantitative estimate of drug-likeness (QED) is 0.471. The van der Waals surface area contributed by atoms with Gasteiger partial charge in [0.1, 0.15) is 11.5 Å². The highest BCUT2D eigenvalue weighted by molar-refractivity contribution is 9.10. The highest BCUT2D eigenvalue weighted by Gasteiger charge is 2.13. The minimum atomic E-state index is -0.347. The van der Waals surface area contributed by atoms with Crippen molar-refractivity contribution in [2.75, 3.05) is 5.32 Å². The molecule has 0 atom stereocenters. The Labute approximate surface area is 168 Å². The first-order valence-corrected chi connectivity index (χ1v) is 9.23. The third-order valence-electron chi connectivity index (χ3n) is 3.83. The van der Waals surface area contributed by atoms with E-state index in [4.69, 9.17) is 9.15 Å². The van der Waals surface area contributed by atoms with Crippen molar-refractivity contribution >= 4 is 27.5 Å². The lowest BCUT2D eigenvalue weighted by molar-refractivity contribution is 0.0994. The van der Waals surface area contributed by atoms with Crippen molar-refractivity contribution in [3.63, 3.8) is 0 Å². The van der Waals surface area contributed by atoms with Gasteiger partial charge in [0, 0.05) is 16.9 Å². The minimum absolute atomic E-state index is 0.223. The Balaban J connectivity index is 1.32. The molecule has 3 aromatic heterocycles. The molecule has 0 fully saturated rings. The van der Waals surface area contributed by atoms with Crippen LogP contribution in [0, 0.1) is 0 Å². The summed E-state index contributed by atoms with van der Waals surface area (Å²) in [6.45, 7) is 0.692. The third-order valence-corrected chi connectivity index (χ3v) is 4.36. The standard InChI is InChI=1S/C19H16BrN5O3/c20-14-2-4-16(5-3-14)27-13-25-11-15(10-22-25)23-19(26)18-7-6-17(28-18)12-24-9-1-8-21-24/h1-11H,12-13H2,(H,23,26). The summed E-state index contributed by atoms with van der Waals surface area (Å²) in [5.74, 6) is 1.25. The number of aromatic nitrogens is 4. The summed E-state index contributed by atoms with van der Waals surface area (Å²) >= 11 is 3.38. The summed E-state index contributed by atoms with van der Waals surface area (Å²) in [6.07, 6.45) is 6.75. The van der Waals surface area contributed by atoms with E-state index in [2.05, 4.69) is 31.4 Å². The van der Waals surface area contributed by atoms with Crippen LogP contribution in [0.3, 0.4) is 0 Å². The summed E-state index contributed by atoms with van der Waals surface area (Å²) in [6, 6.07) is 12.7. The lowest BCUT2D eigenvalue weighted by Crippen LogP contribution is -2.10. The summed E-state index contributed by atoms with van der Waals surface area (Å²) in [4.78, 5) is 12.4. The Morgan fingerprint density at radius 1 is 1.14 bits per heavy atom. The van der Waals surface area contributed by atoms with Gasteiger partial charge in [-0.3, -0.25) is 9.48 Å². The first kappa shape index (κ1) is 18.1. The van der Waals surface area contributed by atoms with Crippen LogP contribution < -0.4 is 10.1 Å². The first-order valence-electron chi connectivity index (χ1n) is 8.44. The lowest BCUT2D eigenvalue weighted by atomic mass is 10.3. The topological polar surface area (TPSA) is 87.1 Å². The van der Waals surface area contributed by atoms with E-state index in [-0.39, 0.29) is 18.4 Å². The van der Waals surface area contributed by atoms with Crippen LogP contribution in [0.25, 0.3) is 0 Å². The predicted molar refractivity (Wildman–Crippen MR) is 105 cm³/mol. The Kier molecular flexibility index (Phi) is 5.24. The first-order chi connectivity index (χ1) is 13.7. The van der Waals surface area contributed by atoms with E-state index < -0.39 is 0 Å². The van der Waals surface area contributed by atoms with Crippen molar-refractivity contribution in [1.29, 1.82) is 0 Å². The number of hydrogen-bond donors (Lipinski definition) is 1. The van der Waals surface area contributed by atoms with Gasteiger partial charge in [0.25, 0.3) is 5.91 Å². The molecule has 0 saturated heterocycles. The highest BCUT2D eigenvalue weighted by atomic mass is 79.9. The van der Waals surface area contributed by atoms with E-state index in [1.54, 1.807) is 40.1 Å². The molecular formula is C19H16BrN5O3. The van der Waals surface area contributed by atoms with Gasteiger partial charge in [-0.2, -0.15) is 10.2 Å². The number of nitrogens with zero attached hydrogens (tertiary/aromatic N) is 4. The smallest absolute Gasteiger partial charge is 0.291 e. The molecule has 8 nitrogen and oxygen atoms in total. The number of amides is 1. The zero-order valence-corrected chi connectivity index (χ0v) is 16.2.